The van der Waals surface area contributed by atoms with E-state index in [1.807, 2.05) is 37.3 Å². The molecule has 1 aliphatic heterocycles. The fourth-order valence-electron chi connectivity index (χ4n) is 4.48. The smallest absolute Gasteiger partial charge is 0.341 e. The minimum atomic E-state index is -0.444. The minimum absolute atomic E-state index is 0.119. The van der Waals surface area contributed by atoms with Crippen molar-refractivity contribution >= 4 is 33.9 Å². The summed E-state index contributed by atoms with van der Waals surface area (Å²) in [4.78, 5) is 31.1. The van der Waals surface area contributed by atoms with Gasteiger partial charge in [0.05, 0.1) is 13.7 Å². The van der Waals surface area contributed by atoms with Crippen LogP contribution in [0.15, 0.2) is 48.5 Å². The van der Waals surface area contributed by atoms with Crippen molar-refractivity contribution < 1.29 is 14.3 Å². The third kappa shape index (κ3) is 5.00. The molecule has 0 bridgehead atoms. The molecule has 7 heteroatoms. The summed E-state index contributed by atoms with van der Waals surface area (Å²) < 4.78 is 5.06. The normalized spacial score (nSPS) is 14.2. The van der Waals surface area contributed by atoms with Crippen LogP contribution < -0.4 is 10.2 Å². The average molecular weight is 478 g/mol. The summed E-state index contributed by atoms with van der Waals surface area (Å²) in [5.41, 5.74) is 6.04. The average Bonchev–Trinajstić information content (AvgIpc) is 3.16. The monoisotopic (exact) mass is 477 g/mol. The molecule has 0 radical (unpaired) electrons. The van der Waals surface area contributed by atoms with E-state index >= 15 is 0 Å². The van der Waals surface area contributed by atoms with Gasteiger partial charge < -0.3 is 15.0 Å². The Kier molecular flexibility index (Phi) is 7.34. The van der Waals surface area contributed by atoms with E-state index in [2.05, 4.69) is 47.2 Å². The molecule has 178 valence electrons. The zero-order valence-corrected chi connectivity index (χ0v) is 21.0. The Labute approximate surface area is 205 Å². The number of nitrogens with one attached hydrogen (secondary N) is 1. The highest BCUT2D eigenvalue weighted by molar-refractivity contribution is 7.17. The molecule has 0 spiro atoms. The quantitative estimate of drug-likeness (QED) is 0.513. The van der Waals surface area contributed by atoms with E-state index in [9.17, 15) is 9.59 Å². The lowest BCUT2D eigenvalue weighted by atomic mass is 10.0. The molecule has 0 unspecified atom stereocenters. The highest BCUT2D eigenvalue weighted by atomic mass is 32.1. The number of carbonyl (C=O) groups excluding carboxylic acids is 2. The van der Waals surface area contributed by atoms with Crippen molar-refractivity contribution in [2.75, 3.05) is 50.1 Å². The summed E-state index contributed by atoms with van der Waals surface area (Å²) in [6.07, 6.45) is 0. The van der Waals surface area contributed by atoms with E-state index in [4.69, 9.17) is 4.74 Å². The molecule has 34 heavy (non-hydrogen) atoms. The second-order valence-corrected chi connectivity index (χ2v) is 9.85. The van der Waals surface area contributed by atoms with E-state index < -0.39 is 5.97 Å². The van der Waals surface area contributed by atoms with E-state index in [1.54, 1.807) is 0 Å². The number of ether oxygens (including phenoxy) is 1. The van der Waals surface area contributed by atoms with Gasteiger partial charge in [-0.05, 0) is 43.5 Å². The molecule has 3 aromatic rings. The van der Waals surface area contributed by atoms with Crippen LogP contribution in [0.25, 0.3) is 11.1 Å². The second kappa shape index (κ2) is 10.4. The third-order valence-electron chi connectivity index (χ3n) is 6.45. The Hall–Kier alpha value is -3.16. The fourth-order valence-corrected chi connectivity index (χ4v) is 5.56. The molecule has 0 atom stereocenters. The van der Waals surface area contributed by atoms with Gasteiger partial charge >= 0.3 is 5.97 Å². The topological polar surface area (TPSA) is 61.9 Å². The summed E-state index contributed by atoms with van der Waals surface area (Å²) in [7, 11) is 1.37. The summed E-state index contributed by atoms with van der Waals surface area (Å²) in [5.74, 6) is -0.563. The molecule has 1 aromatic heterocycles. The predicted octanol–water partition coefficient (Wildman–Crippen LogP) is 4.89. The van der Waals surface area contributed by atoms with Gasteiger partial charge in [-0.15, -0.1) is 11.3 Å². The number of aryl methyl sites for hydroxylation is 2. The van der Waals surface area contributed by atoms with E-state index in [-0.39, 0.29) is 5.91 Å². The Morgan fingerprint density at radius 3 is 2.35 bits per heavy atom. The van der Waals surface area contributed by atoms with Gasteiger partial charge in [0, 0.05) is 42.3 Å². The number of hydrogen-bond donors (Lipinski definition) is 1. The highest BCUT2D eigenvalue weighted by Gasteiger charge is 2.26. The first kappa shape index (κ1) is 24.0. The van der Waals surface area contributed by atoms with Crippen LogP contribution in [0.1, 0.15) is 26.4 Å². The van der Waals surface area contributed by atoms with Crippen LogP contribution in [-0.2, 0) is 9.53 Å². The molecule has 4 rings (SSSR count). The van der Waals surface area contributed by atoms with Crippen LogP contribution >= 0.6 is 11.3 Å². The van der Waals surface area contributed by atoms with Crippen molar-refractivity contribution in [3.05, 3.63) is 70.1 Å². The predicted molar refractivity (Wildman–Crippen MR) is 139 cm³/mol. The Morgan fingerprint density at radius 1 is 0.971 bits per heavy atom. The molecule has 1 aliphatic rings. The third-order valence-corrected chi connectivity index (χ3v) is 7.47. The number of hydrogen-bond acceptors (Lipinski definition) is 6. The fraction of sp³-hybridized carbons (Fsp3) is 0.333. The lowest BCUT2D eigenvalue weighted by Gasteiger charge is -2.36. The van der Waals surface area contributed by atoms with Crippen LogP contribution in [0.2, 0.25) is 0 Å². The zero-order chi connectivity index (χ0) is 24.2. The molecule has 1 N–H and O–H groups in total. The number of esters is 1. The van der Waals surface area contributed by atoms with Gasteiger partial charge in [-0.25, -0.2) is 4.79 Å². The Balaban J connectivity index is 1.44. The molecule has 1 amide bonds. The summed E-state index contributed by atoms with van der Waals surface area (Å²) in [6.45, 7) is 9.92. The van der Waals surface area contributed by atoms with Gasteiger partial charge in [-0.3, -0.25) is 9.69 Å². The van der Waals surface area contributed by atoms with E-state index in [0.29, 0.717) is 17.1 Å². The number of anilines is 2. The highest BCUT2D eigenvalue weighted by Crippen LogP contribution is 2.40. The Morgan fingerprint density at radius 2 is 1.68 bits per heavy atom. The number of thiophene rings is 1. The number of nitrogens with zero attached hydrogens (tertiary/aromatic N) is 2. The molecular weight excluding hydrogens is 446 g/mol. The van der Waals surface area contributed by atoms with Crippen molar-refractivity contribution in [3.63, 3.8) is 0 Å². The number of carbonyl (C=O) groups is 2. The number of rotatable bonds is 6. The van der Waals surface area contributed by atoms with Crippen molar-refractivity contribution in [1.82, 2.24) is 4.90 Å². The minimum Gasteiger partial charge on any atom is -0.465 e. The SMILES string of the molecule is COC(=O)c1c(NC(=O)CN2CCN(c3cccc(C)c3C)CC2)sc(C)c1-c1ccccc1. The van der Waals surface area contributed by atoms with Crippen LogP contribution in [0, 0.1) is 20.8 Å². The lowest BCUT2D eigenvalue weighted by Crippen LogP contribution is -2.48. The molecular formula is C27H31N3O3S. The largest absolute Gasteiger partial charge is 0.465 e. The van der Waals surface area contributed by atoms with Crippen LogP contribution in [0.4, 0.5) is 10.7 Å². The van der Waals surface area contributed by atoms with E-state index in [1.165, 1.54) is 35.3 Å². The molecule has 2 heterocycles. The number of methoxy groups -OCH3 is 1. The lowest BCUT2D eigenvalue weighted by molar-refractivity contribution is -0.117. The van der Waals surface area contributed by atoms with Gasteiger partial charge in [-0.2, -0.15) is 0 Å². The van der Waals surface area contributed by atoms with Crippen molar-refractivity contribution in [2.45, 2.75) is 20.8 Å². The summed E-state index contributed by atoms with van der Waals surface area (Å²) in [6, 6.07) is 16.1. The standard InChI is InChI=1S/C27H31N3O3S/c1-18-9-8-12-22(19(18)2)30-15-13-29(14-16-30)17-23(31)28-26-25(27(32)33-4)24(20(3)34-26)21-10-6-5-7-11-21/h5-12H,13-17H2,1-4H3,(H,28,31). The maximum absolute atomic E-state index is 12.9. The first-order chi connectivity index (χ1) is 16.4. The van der Waals surface area contributed by atoms with Gasteiger partial charge in [0.15, 0.2) is 0 Å². The van der Waals surface area contributed by atoms with Crippen molar-refractivity contribution in [1.29, 1.82) is 0 Å². The maximum atomic E-state index is 12.9. The number of benzene rings is 2. The molecule has 6 nitrogen and oxygen atoms in total. The van der Waals surface area contributed by atoms with Crippen LogP contribution in [0.3, 0.4) is 0 Å². The maximum Gasteiger partial charge on any atom is 0.341 e. The molecule has 1 saturated heterocycles. The number of piperazine rings is 1. The first-order valence-electron chi connectivity index (χ1n) is 11.5. The summed E-state index contributed by atoms with van der Waals surface area (Å²) >= 11 is 1.41. The Bertz CT molecular complexity index is 1180. The molecule has 0 aliphatic carbocycles. The van der Waals surface area contributed by atoms with Gasteiger partial charge in [0.2, 0.25) is 5.91 Å². The van der Waals surface area contributed by atoms with Gasteiger partial charge in [0.1, 0.15) is 10.6 Å². The molecule has 1 fully saturated rings. The molecule has 2 aromatic carbocycles. The first-order valence-corrected chi connectivity index (χ1v) is 12.3. The van der Waals surface area contributed by atoms with Crippen molar-refractivity contribution in [2.24, 2.45) is 0 Å². The van der Waals surface area contributed by atoms with E-state index in [0.717, 1.165) is 42.2 Å². The molecule has 0 saturated carbocycles. The van der Waals surface area contributed by atoms with Crippen LogP contribution in [0.5, 0.6) is 0 Å². The summed E-state index contributed by atoms with van der Waals surface area (Å²) in [5, 5.41) is 3.53. The van der Waals surface area contributed by atoms with Gasteiger partial charge in [-0.1, -0.05) is 42.5 Å². The van der Waals surface area contributed by atoms with Gasteiger partial charge in [0.25, 0.3) is 0 Å². The van der Waals surface area contributed by atoms with Crippen molar-refractivity contribution in [3.8, 4) is 11.1 Å². The number of amides is 1. The van der Waals surface area contributed by atoms with Crippen LogP contribution in [-0.4, -0.2) is 56.6 Å². The second-order valence-electron chi connectivity index (χ2n) is 8.63. The zero-order valence-electron chi connectivity index (χ0n) is 20.2.